The van der Waals surface area contributed by atoms with Crippen molar-refractivity contribution in [2.24, 2.45) is 0 Å². The number of piperazine rings is 1. The Labute approximate surface area is 134 Å². The monoisotopic (exact) mass is 316 g/mol. The van der Waals surface area contributed by atoms with Gasteiger partial charge in [-0.15, -0.1) is 11.3 Å². The van der Waals surface area contributed by atoms with Crippen molar-refractivity contribution in [1.29, 1.82) is 0 Å². The highest BCUT2D eigenvalue weighted by molar-refractivity contribution is 7.09. The Morgan fingerprint density at radius 2 is 2.05 bits per heavy atom. The largest absolute Gasteiger partial charge is 0.340 e. The van der Waals surface area contributed by atoms with Gasteiger partial charge in [0.2, 0.25) is 5.91 Å². The van der Waals surface area contributed by atoms with E-state index in [1.54, 1.807) is 11.3 Å². The number of hydrogen-bond donors (Lipinski definition) is 0. The van der Waals surface area contributed by atoms with Crippen molar-refractivity contribution in [3.8, 4) is 0 Å². The third-order valence-corrected chi connectivity index (χ3v) is 4.66. The smallest absolute Gasteiger partial charge is 0.228 e. The number of amides is 1. The lowest BCUT2D eigenvalue weighted by molar-refractivity contribution is -0.132. The highest BCUT2D eigenvalue weighted by Gasteiger charge is 2.21. The summed E-state index contributed by atoms with van der Waals surface area (Å²) >= 11 is 1.60. The Morgan fingerprint density at radius 1 is 1.23 bits per heavy atom. The van der Waals surface area contributed by atoms with Crippen LogP contribution in [0.3, 0.4) is 0 Å². The van der Waals surface area contributed by atoms with Crippen LogP contribution in [0.4, 0.5) is 0 Å². The van der Waals surface area contributed by atoms with Gasteiger partial charge < -0.3 is 4.90 Å². The Morgan fingerprint density at radius 3 is 2.68 bits per heavy atom. The zero-order valence-electron chi connectivity index (χ0n) is 12.7. The molecule has 5 nitrogen and oxygen atoms in total. The molecular weight excluding hydrogens is 296 g/mol. The minimum absolute atomic E-state index is 0.183. The molecule has 1 fully saturated rings. The average molecular weight is 316 g/mol. The third-order valence-electron chi connectivity index (χ3n) is 3.84. The molecule has 1 amide bonds. The number of rotatable bonds is 4. The topological polar surface area (TPSA) is 49.3 Å². The lowest BCUT2D eigenvalue weighted by Gasteiger charge is -2.34. The summed E-state index contributed by atoms with van der Waals surface area (Å²) in [6.45, 7) is 6.20. The Kier molecular flexibility index (Phi) is 4.80. The second-order valence-electron chi connectivity index (χ2n) is 5.51. The molecule has 0 unspecified atom stereocenters. The van der Waals surface area contributed by atoms with Crippen LogP contribution in [0.2, 0.25) is 0 Å². The predicted octanol–water partition coefficient (Wildman–Crippen LogP) is 1.73. The highest BCUT2D eigenvalue weighted by atomic mass is 32.1. The maximum absolute atomic E-state index is 12.3. The van der Waals surface area contributed by atoms with Crippen molar-refractivity contribution in [3.63, 3.8) is 0 Å². The van der Waals surface area contributed by atoms with E-state index < -0.39 is 0 Å². The first-order chi connectivity index (χ1) is 10.7. The minimum atomic E-state index is 0.183. The van der Waals surface area contributed by atoms with E-state index in [9.17, 15) is 4.79 Å². The Balaban J connectivity index is 1.48. The zero-order valence-corrected chi connectivity index (χ0v) is 13.6. The van der Waals surface area contributed by atoms with E-state index in [0.717, 1.165) is 49.1 Å². The van der Waals surface area contributed by atoms with Crippen LogP contribution in [0.25, 0.3) is 0 Å². The Bertz CT molecular complexity index is 620. The molecule has 2 aromatic rings. The molecule has 0 radical (unpaired) electrons. The Hall–Kier alpha value is -1.79. The van der Waals surface area contributed by atoms with E-state index in [-0.39, 0.29) is 5.91 Å². The van der Waals surface area contributed by atoms with E-state index in [1.807, 2.05) is 41.6 Å². The quantitative estimate of drug-likeness (QED) is 0.862. The third kappa shape index (κ3) is 3.90. The zero-order chi connectivity index (χ0) is 15.4. The van der Waals surface area contributed by atoms with Crippen molar-refractivity contribution in [2.75, 3.05) is 26.2 Å². The maximum atomic E-state index is 12.3. The fourth-order valence-corrected chi connectivity index (χ4v) is 3.24. The summed E-state index contributed by atoms with van der Waals surface area (Å²) < 4.78 is 0. The van der Waals surface area contributed by atoms with Crippen molar-refractivity contribution in [2.45, 2.75) is 19.9 Å². The molecular formula is C16H20N4OS. The molecule has 1 aliphatic rings. The molecule has 3 rings (SSSR count). The van der Waals surface area contributed by atoms with Crippen LogP contribution in [-0.4, -0.2) is 51.9 Å². The van der Waals surface area contributed by atoms with E-state index in [4.69, 9.17) is 0 Å². The molecule has 22 heavy (non-hydrogen) atoms. The molecule has 0 spiro atoms. The fourth-order valence-electron chi connectivity index (χ4n) is 2.63. The molecule has 0 bridgehead atoms. The molecule has 0 N–H and O–H groups in total. The van der Waals surface area contributed by atoms with Crippen LogP contribution >= 0.6 is 11.3 Å². The van der Waals surface area contributed by atoms with Crippen LogP contribution in [0.15, 0.2) is 29.8 Å². The highest BCUT2D eigenvalue weighted by Crippen LogP contribution is 2.12. The molecule has 2 aromatic heterocycles. The lowest BCUT2D eigenvalue weighted by atomic mass is 10.2. The number of aryl methyl sites for hydroxylation is 1. The SMILES string of the molecule is Cc1nc(CC(=O)N2CCN(Cc3ccccn3)CC2)cs1. The van der Waals surface area contributed by atoms with Gasteiger partial charge in [0.05, 0.1) is 22.8 Å². The maximum Gasteiger partial charge on any atom is 0.228 e. The number of carbonyl (C=O) groups is 1. The number of hydrogen-bond acceptors (Lipinski definition) is 5. The molecule has 3 heterocycles. The van der Waals surface area contributed by atoms with Crippen LogP contribution in [0.1, 0.15) is 16.4 Å². The molecule has 0 aromatic carbocycles. The summed E-state index contributed by atoms with van der Waals surface area (Å²) in [5.41, 5.74) is 1.98. The second-order valence-corrected chi connectivity index (χ2v) is 6.57. The van der Waals surface area contributed by atoms with Gasteiger partial charge >= 0.3 is 0 Å². The first kappa shape index (κ1) is 15.1. The molecule has 1 saturated heterocycles. The summed E-state index contributed by atoms with van der Waals surface area (Å²) in [5, 5.41) is 2.99. The van der Waals surface area contributed by atoms with Crippen LogP contribution in [0.5, 0.6) is 0 Å². The van der Waals surface area contributed by atoms with Gasteiger partial charge in [0.25, 0.3) is 0 Å². The predicted molar refractivity (Wildman–Crippen MR) is 86.6 cm³/mol. The standard InChI is InChI=1S/C16H20N4OS/c1-13-18-15(12-22-13)10-16(21)20-8-6-19(7-9-20)11-14-4-2-3-5-17-14/h2-5,12H,6-11H2,1H3. The number of pyridine rings is 1. The van der Waals surface area contributed by atoms with Gasteiger partial charge in [-0.3, -0.25) is 14.7 Å². The van der Waals surface area contributed by atoms with Crippen molar-refractivity contribution < 1.29 is 4.79 Å². The first-order valence-electron chi connectivity index (χ1n) is 7.52. The summed E-state index contributed by atoms with van der Waals surface area (Å²) in [6.07, 6.45) is 2.25. The van der Waals surface area contributed by atoms with Crippen molar-refractivity contribution in [1.82, 2.24) is 19.8 Å². The summed E-state index contributed by atoms with van der Waals surface area (Å²) in [5.74, 6) is 0.183. The van der Waals surface area contributed by atoms with Crippen LogP contribution in [-0.2, 0) is 17.8 Å². The van der Waals surface area contributed by atoms with Gasteiger partial charge in [0.15, 0.2) is 0 Å². The van der Waals surface area contributed by atoms with E-state index in [0.29, 0.717) is 6.42 Å². The van der Waals surface area contributed by atoms with Gasteiger partial charge in [-0.05, 0) is 19.1 Å². The van der Waals surface area contributed by atoms with Gasteiger partial charge in [0.1, 0.15) is 0 Å². The number of thiazole rings is 1. The van der Waals surface area contributed by atoms with Gasteiger partial charge in [-0.25, -0.2) is 4.98 Å². The van der Waals surface area contributed by atoms with Crippen LogP contribution in [0, 0.1) is 6.92 Å². The van der Waals surface area contributed by atoms with Crippen LogP contribution < -0.4 is 0 Å². The lowest BCUT2D eigenvalue weighted by Crippen LogP contribution is -2.48. The number of carbonyl (C=O) groups excluding carboxylic acids is 1. The van der Waals surface area contributed by atoms with Crippen molar-refractivity contribution >= 4 is 17.2 Å². The summed E-state index contributed by atoms with van der Waals surface area (Å²) in [6, 6.07) is 5.99. The normalized spacial score (nSPS) is 16.0. The second kappa shape index (κ2) is 6.98. The molecule has 0 saturated carbocycles. The molecule has 6 heteroatoms. The summed E-state index contributed by atoms with van der Waals surface area (Å²) in [4.78, 5) is 25.3. The van der Waals surface area contributed by atoms with E-state index >= 15 is 0 Å². The van der Waals surface area contributed by atoms with Gasteiger partial charge in [-0.2, -0.15) is 0 Å². The fraction of sp³-hybridized carbons (Fsp3) is 0.438. The minimum Gasteiger partial charge on any atom is -0.340 e. The van der Waals surface area contributed by atoms with E-state index in [1.165, 1.54) is 0 Å². The van der Waals surface area contributed by atoms with Gasteiger partial charge in [-0.1, -0.05) is 6.07 Å². The first-order valence-corrected chi connectivity index (χ1v) is 8.40. The number of nitrogens with zero attached hydrogens (tertiary/aromatic N) is 4. The van der Waals surface area contributed by atoms with Gasteiger partial charge in [0, 0.05) is 44.3 Å². The average Bonchev–Trinajstić information content (AvgIpc) is 2.94. The number of aromatic nitrogens is 2. The summed E-state index contributed by atoms with van der Waals surface area (Å²) in [7, 11) is 0. The molecule has 1 aliphatic heterocycles. The molecule has 0 aliphatic carbocycles. The van der Waals surface area contributed by atoms with E-state index in [2.05, 4.69) is 14.9 Å². The van der Waals surface area contributed by atoms with Crippen molar-refractivity contribution in [3.05, 3.63) is 46.2 Å². The molecule has 116 valence electrons. The molecule has 0 atom stereocenters.